The average molecular weight is 347 g/mol. The molecule has 0 amide bonds. The summed E-state index contributed by atoms with van der Waals surface area (Å²) in [4.78, 5) is 2.41. The maximum absolute atomic E-state index is 12.9. The summed E-state index contributed by atoms with van der Waals surface area (Å²) in [5, 5.41) is 3.15. The number of alkyl halides is 3. The number of nitrogens with one attached hydrogen (secondary N) is 1. The van der Waals surface area contributed by atoms with Crippen LogP contribution in [0.3, 0.4) is 0 Å². The van der Waals surface area contributed by atoms with Crippen molar-refractivity contribution in [3.63, 3.8) is 0 Å². The van der Waals surface area contributed by atoms with Crippen LogP contribution in [0, 0.1) is 5.92 Å². The SMILES string of the molecule is FC(F)(F)c1ccc([C@H](C2CCCC2)N2CCNCC2)cc1Cl. The second-order valence-corrected chi connectivity index (χ2v) is 6.92. The summed E-state index contributed by atoms with van der Waals surface area (Å²) in [7, 11) is 0. The van der Waals surface area contributed by atoms with Gasteiger partial charge in [-0.1, -0.05) is 30.5 Å². The monoisotopic (exact) mass is 346 g/mol. The van der Waals surface area contributed by atoms with Gasteiger partial charge >= 0.3 is 6.18 Å². The topological polar surface area (TPSA) is 15.3 Å². The van der Waals surface area contributed by atoms with Crippen molar-refractivity contribution in [2.24, 2.45) is 5.92 Å². The van der Waals surface area contributed by atoms with E-state index in [1.54, 1.807) is 6.07 Å². The van der Waals surface area contributed by atoms with Gasteiger partial charge in [-0.2, -0.15) is 13.2 Å². The number of benzene rings is 1. The molecule has 1 aromatic rings. The first-order valence-corrected chi connectivity index (χ1v) is 8.66. The Morgan fingerprint density at radius 1 is 1.13 bits per heavy atom. The van der Waals surface area contributed by atoms with Gasteiger partial charge in [0, 0.05) is 32.2 Å². The maximum Gasteiger partial charge on any atom is 0.417 e. The highest BCUT2D eigenvalue weighted by Gasteiger charge is 2.36. The Kier molecular flexibility index (Phi) is 5.19. The molecule has 2 nitrogen and oxygen atoms in total. The third kappa shape index (κ3) is 3.83. The molecule has 1 heterocycles. The van der Waals surface area contributed by atoms with Gasteiger partial charge in [-0.25, -0.2) is 0 Å². The van der Waals surface area contributed by atoms with E-state index in [0.717, 1.165) is 50.7 Å². The van der Waals surface area contributed by atoms with Crippen molar-refractivity contribution in [2.75, 3.05) is 26.2 Å². The molecule has 2 aliphatic rings. The van der Waals surface area contributed by atoms with E-state index in [0.29, 0.717) is 5.92 Å². The van der Waals surface area contributed by atoms with Crippen LogP contribution < -0.4 is 5.32 Å². The van der Waals surface area contributed by atoms with E-state index in [4.69, 9.17) is 11.6 Å². The van der Waals surface area contributed by atoms with Crippen LogP contribution in [-0.4, -0.2) is 31.1 Å². The van der Waals surface area contributed by atoms with E-state index < -0.39 is 11.7 Å². The van der Waals surface area contributed by atoms with E-state index in [1.807, 2.05) is 0 Å². The van der Waals surface area contributed by atoms with Crippen LogP contribution in [0.15, 0.2) is 18.2 Å². The lowest BCUT2D eigenvalue weighted by Gasteiger charge is -2.39. The first kappa shape index (κ1) is 17.1. The molecular weight excluding hydrogens is 325 g/mol. The van der Waals surface area contributed by atoms with Gasteiger partial charge in [0.1, 0.15) is 0 Å². The highest BCUT2D eigenvalue weighted by atomic mass is 35.5. The van der Waals surface area contributed by atoms with Crippen LogP contribution in [0.25, 0.3) is 0 Å². The molecule has 0 spiro atoms. The Morgan fingerprint density at radius 3 is 2.35 bits per heavy atom. The molecular formula is C17H22ClF3N2. The highest BCUT2D eigenvalue weighted by molar-refractivity contribution is 6.31. The van der Waals surface area contributed by atoms with E-state index in [1.165, 1.54) is 18.9 Å². The first-order chi connectivity index (χ1) is 11.0. The quantitative estimate of drug-likeness (QED) is 0.867. The van der Waals surface area contributed by atoms with Crippen LogP contribution >= 0.6 is 11.6 Å². The van der Waals surface area contributed by atoms with E-state index in [2.05, 4.69) is 10.2 Å². The van der Waals surface area contributed by atoms with Gasteiger partial charge < -0.3 is 5.32 Å². The first-order valence-electron chi connectivity index (χ1n) is 8.28. The molecule has 1 saturated heterocycles. The summed E-state index contributed by atoms with van der Waals surface area (Å²) >= 11 is 5.95. The second-order valence-electron chi connectivity index (χ2n) is 6.51. The lowest BCUT2D eigenvalue weighted by Crippen LogP contribution is -2.46. The van der Waals surface area contributed by atoms with Crippen molar-refractivity contribution >= 4 is 11.6 Å². The fourth-order valence-electron chi connectivity index (χ4n) is 3.96. The number of hydrogen-bond acceptors (Lipinski definition) is 2. The molecule has 0 radical (unpaired) electrons. The number of rotatable bonds is 3. The number of halogens is 4. The summed E-state index contributed by atoms with van der Waals surface area (Å²) in [5.74, 6) is 0.515. The lowest BCUT2D eigenvalue weighted by atomic mass is 9.89. The summed E-state index contributed by atoms with van der Waals surface area (Å²) < 4.78 is 38.8. The largest absolute Gasteiger partial charge is 0.417 e. The van der Waals surface area contributed by atoms with Crippen LogP contribution in [0.1, 0.15) is 42.9 Å². The van der Waals surface area contributed by atoms with Crippen molar-refractivity contribution in [3.8, 4) is 0 Å². The normalized spacial score (nSPS) is 22.4. The van der Waals surface area contributed by atoms with Crippen molar-refractivity contribution in [2.45, 2.75) is 37.9 Å². The molecule has 1 aliphatic heterocycles. The Bertz CT molecular complexity index is 535. The van der Waals surface area contributed by atoms with Crippen LogP contribution in [-0.2, 0) is 6.18 Å². The van der Waals surface area contributed by atoms with Gasteiger partial charge in [0.25, 0.3) is 0 Å². The number of nitrogens with zero attached hydrogens (tertiary/aromatic N) is 1. The van der Waals surface area contributed by atoms with Crippen molar-refractivity contribution in [1.82, 2.24) is 10.2 Å². The zero-order valence-corrected chi connectivity index (χ0v) is 13.8. The molecule has 23 heavy (non-hydrogen) atoms. The molecule has 1 aromatic carbocycles. The molecule has 0 bridgehead atoms. The fourth-order valence-corrected chi connectivity index (χ4v) is 4.26. The van der Waals surface area contributed by atoms with Crippen LogP contribution in [0.4, 0.5) is 13.2 Å². The third-order valence-corrected chi connectivity index (χ3v) is 5.34. The second kappa shape index (κ2) is 6.99. The Labute approximate surface area is 140 Å². The van der Waals surface area contributed by atoms with E-state index in [-0.39, 0.29) is 11.1 Å². The molecule has 1 aliphatic carbocycles. The van der Waals surface area contributed by atoms with Gasteiger partial charge in [-0.15, -0.1) is 0 Å². The molecule has 1 atom stereocenters. The molecule has 2 fully saturated rings. The smallest absolute Gasteiger partial charge is 0.314 e. The summed E-state index contributed by atoms with van der Waals surface area (Å²) in [6.45, 7) is 3.72. The Hall–Kier alpha value is -0.780. The minimum absolute atomic E-state index is 0.180. The fraction of sp³-hybridized carbons (Fsp3) is 0.647. The zero-order chi connectivity index (χ0) is 16.4. The standard InChI is InChI=1S/C17H22ClF3N2/c18-15-11-13(5-6-14(15)17(19,20)21)16(12-3-1-2-4-12)23-9-7-22-8-10-23/h5-6,11-12,16,22H,1-4,7-10H2/t16-/m0/s1. The minimum atomic E-state index is -4.40. The molecule has 3 rings (SSSR count). The Morgan fingerprint density at radius 2 is 1.78 bits per heavy atom. The third-order valence-electron chi connectivity index (χ3n) is 5.03. The van der Waals surface area contributed by atoms with Gasteiger partial charge in [0.2, 0.25) is 0 Å². The number of piperazine rings is 1. The van der Waals surface area contributed by atoms with Gasteiger partial charge in [0.05, 0.1) is 10.6 Å². The lowest BCUT2D eigenvalue weighted by molar-refractivity contribution is -0.137. The number of hydrogen-bond donors (Lipinski definition) is 1. The van der Waals surface area contributed by atoms with Crippen molar-refractivity contribution in [3.05, 3.63) is 34.3 Å². The minimum Gasteiger partial charge on any atom is -0.314 e. The summed E-state index contributed by atoms with van der Waals surface area (Å²) in [6, 6.07) is 4.48. The van der Waals surface area contributed by atoms with Gasteiger partial charge in [0.15, 0.2) is 0 Å². The predicted molar refractivity (Wildman–Crippen MR) is 85.6 cm³/mol. The molecule has 1 N–H and O–H groups in total. The predicted octanol–water partition coefficient (Wildman–Crippen LogP) is 4.50. The summed E-state index contributed by atoms with van der Waals surface area (Å²) in [5.41, 5.74) is 0.185. The molecule has 128 valence electrons. The molecule has 0 aromatic heterocycles. The van der Waals surface area contributed by atoms with Gasteiger partial charge in [-0.05, 0) is 36.5 Å². The van der Waals surface area contributed by atoms with Crippen LogP contribution in [0.5, 0.6) is 0 Å². The average Bonchev–Trinajstić information content (AvgIpc) is 3.01. The molecule has 0 unspecified atom stereocenters. The summed E-state index contributed by atoms with van der Waals surface area (Å²) in [6.07, 6.45) is 0.317. The van der Waals surface area contributed by atoms with Crippen LogP contribution in [0.2, 0.25) is 5.02 Å². The maximum atomic E-state index is 12.9. The van der Waals surface area contributed by atoms with Crippen molar-refractivity contribution in [1.29, 1.82) is 0 Å². The molecule has 1 saturated carbocycles. The van der Waals surface area contributed by atoms with E-state index in [9.17, 15) is 13.2 Å². The highest BCUT2D eigenvalue weighted by Crippen LogP contribution is 2.42. The van der Waals surface area contributed by atoms with Gasteiger partial charge in [-0.3, -0.25) is 4.90 Å². The van der Waals surface area contributed by atoms with E-state index >= 15 is 0 Å². The zero-order valence-electron chi connectivity index (χ0n) is 13.0. The van der Waals surface area contributed by atoms with Crippen molar-refractivity contribution < 1.29 is 13.2 Å². The Balaban J connectivity index is 1.91. The molecule has 6 heteroatoms.